The van der Waals surface area contributed by atoms with Crippen molar-refractivity contribution in [3.8, 4) is 11.8 Å². The predicted octanol–water partition coefficient (Wildman–Crippen LogP) is 3.98. The fraction of sp³-hybridized carbons (Fsp3) is 0.720. The Labute approximate surface area is 176 Å². The Hall–Kier alpha value is -1.57. The van der Waals surface area contributed by atoms with Gasteiger partial charge in [0.25, 0.3) is 0 Å². The molecule has 0 saturated heterocycles. The summed E-state index contributed by atoms with van der Waals surface area (Å²) in [4.78, 5) is 11.7. The predicted molar refractivity (Wildman–Crippen MR) is 118 cm³/mol. The number of aliphatic hydroxyl groups excluding tert-OH is 2. The molecule has 0 aliphatic heterocycles. The molecule has 0 aromatic rings. The van der Waals surface area contributed by atoms with Crippen molar-refractivity contribution < 1.29 is 15.0 Å². The van der Waals surface area contributed by atoms with Crippen LogP contribution in [0.1, 0.15) is 72.1 Å². The quantitative estimate of drug-likeness (QED) is 0.295. The van der Waals surface area contributed by atoms with Crippen LogP contribution in [0, 0.1) is 35.5 Å². The van der Waals surface area contributed by atoms with Gasteiger partial charge in [0.1, 0.15) is 0 Å². The SMILES string of the molecule is CC#CC[C@@H](C)[C@H](O)/C=C/[C@@H]1[C@H]2C/C(=C/CCCC(=O)NCCC)C[C@H]2C[C@H]1O. The van der Waals surface area contributed by atoms with Crippen molar-refractivity contribution in [2.24, 2.45) is 23.7 Å². The first kappa shape index (κ1) is 23.7. The van der Waals surface area contributed by atoms with E-state index in [1.807, 2.05) is 19.9 Å². The number of aliphatic hydroxyl groups is 2. The number of carbonyl (C=O) groups excluding carboxylic acids is 1. The van der Waals surface area contributed by atoms with E-state index >= 15 is 0 Å². The van der Waals surface area contributed by atoms with Crippen LogP contribution in [-0.2, 0) is 4.79 Å². The monoisotopic (exact) mass is 401 g/mol. The number of hydrogen-bond acceptors (Lipinski definition) is 3. The van der Waals surface area contributed by atoms with Crippen LogP contribution in [-0.4, -0.2) is 34.9 Å². The molecule has 2 aliphatic carbocycles. The minimum Gasteiger partial charge on any atom is -0.392 e. The smallest absolute Gasteiger partial charge is 0.220 e. The summed E-state index contributed by atoms with van der Waals surface area (Å²) in [5.41, 5.74) is 1.48. The molecule has 0 spiro atoms. The lowest BCUT2D eigenvalue weighted by Crippen LogP contribution is -2.23. The molecule has 2 fully saturated rings. The zero-order chi connectivity index (χ0) is 21.2. The van der Waals surface area contributed by atoms with Gasteiger partial charge < -0.3 is 15.5 Å². The molecule has 3 N–H and O–H groups in total. The molecule has 1 amide bonds. The van der Waals surface area contributed by atoms with Crippen molar-refractivity contribution in [3.63, 3.8) is 0 Å². The van der Waals surface area contributed by atoms with Gasteiger partial charge in [-0.3, -0.25) is 4.79 Å². The minimum absolute atomic E-state index is 0.0987. The Kier molecular flexibility index (Phi) is 9.97. The van der Waals surface area contributed by atoms with Crippen LogP contribution in [0.15, 0.2) is 23.8 Å². The summed E-state index contributed by atoms with van der Waals surface area (Å²) in [5, 5.41) is 23.8. The third-order valence-corrected chi connectivity index (χ3v) is 6.44. The molecule has 2 saturated carbocycles. The fourth-order valence-corrected chi connectivity index (χ4v) is 4.68. The van der Waals surface area contributed by atoms with E-state index in [1.165, 1.54) is 5.57 Å². The average molecular weight is 402 g/mol. The lowest BCUT2D eigenvalue weighted by atomic mass is 9.89. The number of carbonyl (C=O) groups is 1. The summed E-state index contributed by atoms with van der Waals surface area (Å²) in [6.45, 7) is 6.64. The van der Waals surface area contributed by atoms with Gasteiger partial charge in [0.15, 0.2) is 0 Å². The molecule has 4 nitrogen and oxygen atoms in total. The third kappa shape index (κ3) is 7.32. The van der Waals surface area contributed by atoms with E-state index < -0.39 is 6.10 Å². The van der Waals surface area contributed by atoms with Crippen LogP contribution in [0.4, 0.5) is 0 Å². The van der Waals surface area contributed by atoms with Gasteiger partial charge in [0.2, 0.25) is 5.91 Å². The number of allylic oxidation sites excluding steroid dienone is 2. The maximum absolute atomic E-state index is 11.7. The fourth-order valence-electron chi connectivity index (χ4n) is 4.68. The Bertz CT molecular complexity index is 642. The normalized spacial score (nSPS) is 29.5. The lowest BCUT2D eigenvalue weighted by Gasteiger charge is -2.19. The van der Waals surface area contributed by atoms with Gasteiger partial charge in [-0.15, -0.1) is 11.8 Å². The van der Waals surface area contributed by atoms with Gasteiger partial charge in [-0.2, -0.15) is 0 Å². The van der Waals surface area contributed by atoms with Crippen molar-refractivity contribution >= 4 is 5.91 Å². The van der Waals surface area contributed by atoms with Gasteiger partial charge in [0, 0.05) is 25.3 Å². The molecular formula is C25H39NO3. The lowest BCUT2D eigenvalue weighted by molar-refractivity contribution is -0.121. The second kappa shape index (κ2) is 12.2. The summed E-state index contributed by atoms with van der Waals surface area (Å²) >= 11 is 0. The van der Waals surface area contributed by atoms with Crippen molar-refractivity contribution in [1.82, 2.24) is 5.32 Å². The van der Waals surface area contributed by atoms with Crippen molar-refractivity contribution in [2.45, 2.75) is 84.3 Å². The summed E-state index contributed by atoms with van der Waals surface area (Å²) in [6, 6.07) is 0. The molecule has 0 bridgehead atoms. The van der Waals surface area contributed by atoms with E-state index in [0.717, 1.165) is 45.1 Å². The number of fused-ring (bicyclic) bond motifs is 1. The van der Waals surface area contributed by atoms with Gasteiger partial charge in [0.05, 0.1) is 12.2 Å². The number of unbranched alkanes of at least 4 members (excludes halogenated alkanes) is 1. The Morgan fingerprint density at radius 3 is 2.90 bits per heavy atom. The maximum atomic E-state index is 11.7. The van der Waals surface area contributed by atoms with E-state index in [2.05, 4.69) is 36.2 Å². The second-order valence-corrected chi connectivity index (χ2v) is 8.80. The summed E-state index contributed by atoms with van der Waals surface area (Å²) in [6.07, 6.45) is 12.5. The highest BCUT2D eigenvalue weighted by molar-refractivity contribution is 5.75. The van der Waals surface area contributed by atoms with Gasteiger partial charge in [-0.25, -0.2) is 0 Å². The topological polar surface area (TPSA) is 69.6 Å². The summed E-state index contributed by atoms with van der Waals surface area (Å²) < 4.78 is 0. The Morgan fingerprint density at radius 2 is 2.17 bits per heavy atom. The standard InChI is InChI=1S/C25H39NO3/c1-4-6-9-18(3)23(27)13-12-21-22-16-19(15-20(22)17-24(21)28)10-7-8-11-25(29)26-14-5-2/h10,12-13,18,20-24,27-28H,5,7-9,11,14-17H2,1-3H3,(H,26,29)/b13-12+,19-10+/t18-,20+,21-,22+,23-,24-/m1/s1. The van der Waals surface area contributed by atoms with Crippen LogP contribution < -0.4 is 5.32 Å². The molecule has 0 unspecified atom stereocenters. The molecule has 2 aliphatic rings. The van der Waals surface area contributed by atoms with Crippen LogP contribution in [0.25, 0.3) is 0 Å². The van der Waals surface area contributed by atoms with Crippen LogP contribution in [0.5, 0.6) is 0 Å². The Balaban J connectivity index is 1.82. The molecule has 0 aromatic heterocycles. The highest BCUT2D eigenvalue weighted by Gasteiger charge is 2.44. The van der Waals surface area contributed by atoms with E-state index in [4.69, 9.17) is 0 Å². The Morgan fingerprint density at radius 1 is 1.38 bits per heavy atom. The number of hydrogen-bond donors (Lipinski definition) is 3. The van der Waals surface area contributed by atoms with E-state index in [9.17, 15) is 15.0 Å². The molecular weight excluding hydrogens is 362 g/mol. The first-order chi connectivity index (χ1) is 14.0. The molecule has 0 heterocycles. The largest absolute Gasteiger partial charge is 0.392 e. The molecule has 29 heavy (non-hydrogen) atoms. The van der Waals surface area contributed by atoms with Crippen LogP contribution in [0.2, 0.25) is 0 Å². The van der Waals surface area contributed by atoms with E-state index in [-0.39, 0.29) is 23.8 Å². The zero-order valence-electron chi connectivity index (χ0n) is 18.4. The molecule has 2 rings (SSSR count). The minimum atomic E-state index is -0.516. The van der Waals surface area contributed by atoms with Crippen LogP contribution >= 0.6 is 0 Å². The van der Waals surface area contributed by atoms with Gasteiger partial charge >= 0.3 is 0 Å². The molecule has 0 radical (unpaired) electrons. The third-order valence-electron chi connectivity index (χ3n) is 6.44. The summed E-state index contributed by atoms with van der Waals surface area (Å²) in [7, 11) is 0. The molecule has 162 valence electrons. The molecule has 0 aromatic carbocycles. The number of rotatable bonds is 10. The van der Waals surface area contributed by atoms with Gasteiger partial charge in [-0.1, -0.05) is 37.6 Å². The first-order valence-electron chi connectivity index (χ1n) is 11.3. The van der Waals surface area contributed by atoms with Crippen molar-refractivity contribution in [1.29, 1.82) is 0 Å². The van der Waals surface area contributed by atoms with Crippen molar-refractivity contribution in [3.05, 3.63) is 23.8 Å². The number of nitrogens with one attached hydrogen (secondary N) is 1. The van der Waals surface area contributed by atoms with Gasteiger partial charge in [-0.05, 0) is 63.2 Å². The van der Waals surface area contributed by atoms with Crippen LogP contribution in [0.3, 0.4) is 0 Å². The highest BCUT2D eigenvalue weighted by Crippen LogP contribution is 2.50. The van der Waals surface area contributed by atoms with Crippen molar-refractivity contribution in [2.75, 3.05) is 6.54 Å². The second-order valence-electron chi connectivity index (χ2n) is 8.80. The van der Waals surface area contributed by atoms with E-state index in [1.54, 1.807) is 0 Å². The summed E-state index contributed by atoms with van der Waals surface area (Å²) in [5.74, 6) is 7.29. The molecule has 6 atom stereocenters. The molecule has 4 heteroatoms. The number of amides is 1. The van der Waals surface area contributed by atoms with E-state index in [0.29, 0.717) is 24.7 Å². The first-order valence-corrected chi connectivity index (χ1v) is 11.3. The zero-order valence-corrected chi connectivity index (χ0v) is 18.4. The maximum Gasteiger partial charge on any atom is 0.220 e. The highest BCUT2D eigenvalue weighted by atomic mass is 16.3. The average Bonchev–Trinajstić information content (AvgIpc) is 3.22.